The quantitative estimate of drug-likeness (QED) is 0.778. The number of sulfonamides is 1. The summed E-state index contributed by atoms with van der Waals surface area (Å²) in [5, 5.41) is 8.18. The zero-order valence-corrected chi connectivity index (χ0v) is 15.6. The zero-order chi connectivity index (χ0) is 18.3. The number of aromatic nitrogens is 4. The van der Waals surface area contributed by atoms with Crippen LogP contribution in [0.15, 0.2) is 21.8 Å². The van der Waals surface area contributed by atoms with Crippen LogP contribution in [0.25, 0.3) is 0 Å². The number of hydrogen-bond donors (Lipinski definition) is 1. The Balaban J connectivity index is 1.53. The second kappa shape index (κ2) is 6.75. The molecule has 2 atom stereocenters. The molecule has 10 heteroatoms. The van der Waals surface area contributed by atoms with Crippen LogP contribution < -0.4 is 4.72 Å². The van der Waals surface area contributed by atoms with Crippen molar-refractivity contribution in [1.29, 1.82) is 0 Å². The van der Waals surface area contributed by atoms with E-state index in [0.29, 0.717) is 30.8 Å². The molecule has 1 N–H and O–H groups in total. The first-order valence-electron chi connectivity index (χ1n) is 8.92. The summed E-state index contributed by atoms with van der Waals surface area (Å²) in [6.45, 7) is 5.04. The van der Waals surface area contributed by atoms with Crippen LogP contribution in [0, 0.1) is 5.92 Å². The van der Waals surface area contributed by atoms with Crippen molar-refractivity contribution < 1.29 is 17.7 Å². The number of ether oxygens (including phenoxy) is 1. The average Bonchev–Trinajstić information content (AvgIpc) is 3.05. The second-order valence-corrected chi connectivity index (χ2v) is 9.00. The van der Waals surface area contributed by atoms with Crippen LogP contribution in [0.1, 0.15) is 62.8 Å². The fourth-order valence-electron chi connectivity index (χ4n) is 2.98. The van der Waals surface area contributed by atoms with Gasteiger partial charge in [-0.25, -0.2) is 8.42 Å². The largest absolute Gasteiger partial charge is 0.379 e. The van der Waals surface area contributed by atoms with Gasteiger partial charge in [0.25, 0.3) is 0 Å². The molecule has 2 fully saturated rings. The van der Waals surface area contributed by atoms with Crippen LogP contribution in [0.4, 0.5) is 0 Å². The first kappa shape index (κ1) is 17.6. The van der Waals surface area contributed by atoms with Crippen LogP contribution in [0.2, 0.25) is 0 Å². The van der Waals surface area contributed by atoms with Gasteiger partial charge >= 0.3 is 0 Å². The molecule has 0 amide bonds. The molecule has 2 unspecified atom stereocenters. The Bertz CT molecular complexity index is 865. The lowest BCUT2D eigenvalue weighted by Gasteiger charge is -2.18. The molecule has 0 radical (unpaired) electrons. The molecule has 4 rings (SSSR count). The Morgan fingerprint density at radius 1 is 1.31 bits per heavy atom. The van der Waals surface area contributed by atoms with Crippen LogP contribution in [0.3, 0.4) is 0 Å². The Hall–Kier alpha value is -1.78. The molecule has 26 heavy (non-hydrogen) atoms. The fraction of sp³-hybridized carbons (Fsp3) is 0.688. The number of rotatable bonds is 7. The van der Waals surface area contributed by atoms with Gasteiger partial charge in [0, 0.05) is 18.7 Å². The molecule has 2 aliphatic rings. The Morgan fingerprint density at radius 2 is 2.12 bits per heavy atom. The Labute approximate surface area is 152 Å². The number of nitrogens with zero attached hydrogens (tertiary/aromatic N) is 4. The topological polar surface area (TPSA) is 112 Å². The minimum atomic E-state index is -3.76. The van der Waals surface area contributed by atoms with Crippen molar-refractivity contribution in [2.75, 3.05) is 13.2 Å². The molecule has 142 valence electrons. The minimum absolute atomic E-state index is 0.0458. The van der Waals surface area contributed by atoms with Crippen molar-refractivity contribution in [3.05, 3.63) is 24.1 Å². The molecule has 1 saturated carbocycles. The third-order valence-electron chi connectivity index (χ3n) is 4.78. The molecule has 1 saturated heterocycles. The van der Waals surface area contributed by atoms with E-state index in [9.17, 15) is 8.42 Å². The van der Waals surface area contributed by atoms with Gasteiger partial charge < -0.3 is 9.26 Å². The lowest BCUT2D eigenvalue weighted by Crippen LogP contribution is -2.32. The molecule has 2 aromatic rings. The lowest BCUT2D eigenvalue weighted by atomic mass is 10.1. The van der Waals surface area contributed by atoms with Crippen molar-refractivity contribution in [3.8, 4) is 0 Å². The molecule has 0 spiro atoms. The fourth-order valence-corrected chi connectivity index (χ4v) is 4.25. The maximum absolute atomic E-state index is 12.8. The van der Waals surface area contributed by atoms with Crippen molar-refractivity contribution >= 4 is 10.0 Å². The van der Waals surface area contributed by atoms with E-state index in [0.717, 1.165) is 19.3 Å². The lowest BCUT2D eigenvalue weighted by molar-refractivity contribution is 0.184. The molecular weight excluding hydrogens is 358 g/mol. The average molecular weight is 381 g/mol. The summed E-state index contributed by atoms with van der Waals surface area (Å²) in [5.74, 6) is 1.28. The molecule has 0 aromatic carbocycles. The molecular formula is C16H23N5O4S. The highest BCUT2D eigenvalue weighted by atomic mass is 32.2. The van der Waals surface area contributed by atoms with Gasteiger partial charge in [0.15, 0.2) is 5.82 Å². The van der Waals surface area contributed by atoms with E-state index in [2.05, 4.69) is 20.0 Å². The summed E-state index contributed by atoms with van der Waals surface area (Å²) in [5.41, 5.74) is 0. The van der Waals surface area contributed by atoms with Gasteiger partial charge in [-0.15, -0.1) is 0 Å². The Morgan fingerprint density at radius 3 is 2.77 bits per heavy atom. The van der Waals surface area contributed by atoms with Gasteiger partial charge in [-0.1, -0.05) is 19.0 Å². The molecule has 2 aromatic heterocycles. The van der Waals surface area contributed by atoms with Crippen molar-refractivity contribution in [2.24, 2.45) is 5.92 Å². The highest BCUT2D eigenvalue weighted by Gasteiger charge is 2.33. The second-order valence-electron chi connectivity index (χ2n) is 7.28. The third kappa shape index (κ3) is 3.53. The van der Waals surface area contributed by atoms with E-state index in [1.807, 2.05) is 13.8 Å². The third-order valence-corrected chi connectivity index (χ3v) is 6.18. The monoisotopic (exact) mass is 381 g/mol. The van der Waals surface area contributed by atoms with Crippen LogP contribution in [0.5, 0.6) is 0 Å². The highest BCUT2D eigenvalue weighted by molar-refractivity contribution is 7.89. The summed E-state index contributed by atoms with van der Waals surface area (Å²) in [4.78, 5) is 4.52. The number of hydrogen-bond acceptors (Lipinski definition) is 7. The number of nitrogens with one attached hydrogen (secondary N) is 1. The van der Waals surface area contributed by atoms with Gasteiger partial charge in [0.05, 0.1) is 18.8 Å². The molecule has 9 nitrogen and oxygen atoms in total. The first-order chi connectivity index (χ1) is 12.4. The predicted octanol–water partition coefficient (Wildman–Crippen LogP) is 1.78. The molecule has 3 heterocycles. The van der Waals surface area contributed by atoms with E-state index < -0.39 is 16.1 Å². The van der Waals surface area contributed by atoms with Crippen LogP contribution in [-0.4, -0.2) is 41.6 Å². The summed E-state index contributed by atoms with van der Waals surface area (Å²) in [6, 6.07) is -0.505. The normalized spacial score (nSPS) is 22.2. The maximum Gasteiger partial charge on any atom is 0.245 e. The molecule has 0 bridgehead atoms. The van der Waals surface area contributed by atoms with Gasteiger partial charge in [0.1, 0.15) is 10.9 Å². The van der Waals surface area contributed by atoms with E-state index in [1.54, 1.807) is 10.9 Å². The van der Waals surface area contributed by atoms with Crippen molar-refractivity contribution in [3.63, 3.8) is 0 Å². The summed E-state index contributed by atoms with van der Waals surface area (Å²) < 4.78 is 40.6. The zero-order valence-electron chi connectivity index (χ0n) is 14.8. The van der Waals surface area contributed by atoms with E-state index >= 15 is 0 Å². The minimum Gasteiger partial charge on any atom is -0.379 e. The van der Waals surface area contributed by atoms with E-state index in [1.165, 1.54) is 6.20 Å². The van der Waals surface area contributed by atoms with Gasteiger partial charge in [-0.3, -0.25) is 4.68 Å². The predicted molar refractivity (Wildman–Crippen MR) is 90.9 cm³/mol. The van der Waals surface area contributed by atoms with Gasteiger partial charge in [0.2, 0.25) is 15.9 Å². The van der Waals surface area contributed by atoms with E-state index in [4.69, 9.17) is 9.26 Å². The highest BCUT2D eigenvalue weighted by Crippen LogP contribution is 2.38. The summed E-state index contributed by atoms with van der Waals surface area (Å²) >= 11 is 0. The SMILES string of the molecule is CC(C)C(NS(=O)(=O)c1cnn(C2CCOC2)c1)c1nc(C2CC2)no1. The molecule has 1 aliphatic carbocycles. The Kier molecular flexibility index (Phi) is 4.57. The van der Waals surface area contributed by atoms with Gasteiger partial charge in [-0.05, 0) is 25.2 Å². The smallest absolute Gasteiger partial charge is 0.245 e. The van der Waals surface area contributed by atoms with Gasteiger partial charge in [-0.2, -0.15) is 14.8 Å². The van der Waals surface area contributed by atoms with Crippen LogP contribution >= 0.6 is 0 Å². The maximum atomic E-state index is 12.8. The summed E-state index contributed by atoms with van der Waals surface area (Å²) in [7, 11) is -3.76. The van der Waals surface area contributed by atoms with Crippen LogP contribution in [-0.2, 0) is 14.8 Å². The first-order valence-corrected chi connectivity index (χ1v) is 10.4. The standard InChI is InChI=1S/C16H23N5O4S/c1-10(2)14(16-18-15(19-25-16)11-3-4-11)20-26(22,23)13-7-17-21(8-13)12-5-6-24-9-12/h7-8,10-12,14,20H,3-6,9H2,1-2H3. The van der Waals surface area contributed by atoms with E-state index in [-0.39, 0.29) is 16.9 Å². The molecule has 1 aliphatic heterocycles. The summed E-state index contributed by atoms with van der Waals surface area (Å²) in [6.07, 6.45) is 5.85. The van der Waals surface area contributed by atoms with Crippen molar-refractivity contribution in [2.45, 2.75) is 56.0 Å². The van der Waals surface area contributed by atoms with Crippen molar-refractivity contribution in [1.82, 2.24) is 24.6 Å².